The summed E-state index contributed by atoms with van der Waals surface area (Å²) in [7, 11) is -2.69. The van der Waals surface area contributed by atoms with Crippen molar-refractivity contribution in [2.75, 3.05) is 13.7 Å². The Morgan fingerprint density at radius 1 is 1.25 bits per heavy atom. The zero-order valence-corrected chi connectivity index (χ0v) is 13.5. The van der Waals surface area contributed by atoms with E-state index in [4.69, 9.17) is 4.74 Å². The van der Waals surface area contributed by atoms with Crippen molar-refractivity contribution in [2.45, 2.75) is 11.3 Å². The molecule has 0 aliphatic heterocycles. The number of nitrogens with zero attached hydrogens (tertiary/aromatic N) is 1. The number of rotatable bonds is 7. The van der Waals surface area contributed by atoms with Gasteiger partial charge in [0.05, 0.1) is 18.1 Å². The van der Waals surface area contributed by atoms with Crippen LogP contribution in [0.5, 0.6) is 5.75 Å². The molecule has 1 N–H and O–H groups in total. The van der Waals surface area contributed by atoms with E-state index in [1.54, 1.807) is 12.1 Å². The van der Waals surface area contributed by atoms with Crippen LogP contribution in [0.4, 0.5) is 10.1 Å². The lowest BCUT2D eigenvalue weighted by molar-refractivity contribution is -0.385. The third-order valence-corrected chi connectivity index (χ3v) is 4.74. The van der Waals surface area contributed by atoms with Gasteiger partial charge in [-0.05, 0) is 30.2 Å². The van der Waals surface area contributed by atoms with E-state index in [0.717, 1.165) is 18.2 Å². The number of hydrogen-bond acceptors (Lipinski definition) is 5. The van der Waals surface area contributed by atoms with Crippen molar-refractivity contribution < 1.29 is 22.5 Å². The Hall–Kier alpha value is -2.52. The monoisotopic (exact) mass is 354 g/mol. The van der Waals surface area contributed by atoms with Gasteiger partial charge < -0.3 is 4.74 Å². The summed E-state index contributed by atoms with van der Waals surface area (Å²) in [6.45, 7) is 0.0475. The van der Waals surface area contributed by atoms with Crippen LogP contribution >= 0.6 is 0 Å². The molecule has 9 heteroatoms. The average Bonchev–Trinajstić information content (AvgIpc) is 2.54. The van der Waals surface area contributed by atoms with Gasteiger partial charge in [0, 0.05) is 12.6 Å². The maximum atomic E-state index is 13.1. The molecule has 7 nitrogen and oxygen atoms in total. The van der Waals surface area contributed by atoms with Gasteiger partial charge in [0.25, 0.3) is 5.69 Å². The van der Waals surface area contributed by atoms with Crippen molar-refractivity contribution in [2.24, 2.45) is 0 Å². The molecule has 128 valence electrons. The van der Waals surface area contributed by atoms with Gasteiger partial charge in [0.1, 0.15) is 16.5 Å². The molecule has 2 aromatic carbocycles. The van der Waals surface area contributed by atoms with Crippen LogP contribution in [0, 0.1) is 15.9 Å². The molecule has 0 saturated carbocycles. The first-order valence-electron chi connectivity index (χ1n) is 6.90. The van der Waals surface area contributed by atoms with E-state index in [-0.39, 0.29) is 22.9 Å². The maximum Gasteiger partial charge on any atom is 0.273 e. The summed E-state index contributed by atoms with van der Waals surface area (Å²) in [6, 6.07) is 9.09. The molecule has 0 amide bonds. The molecule has 0 heterocycles. The minimum absolute atomic E-state index is 0.0475. The number of nitrogens with one attached hydrogen (secondary N) is 1. The maximum absolute atomic E-state index is 13.1. The largest absolute Gasteiger partial charge is 0.495 e. The molecule has 0 radical (unpaired) electrons. The van der Waals surface area contributed by atoms with Crippen molar-refractivity contribution >= 4 is 15.7 Å². The molecule has 0 aliphatic rings. The molecule has 0 atom stereocenters. The van der Waals surface area contributed by atoms with E-state index in [2.05, 4.69) is 4.72 Å². The highest BCUT2D eigenvalue weighted by Crippen LogP contribution is 2.28. The Morgan fingerprint density at radius 2 is 2.00 bits per heavy atom. The number of nitro benzene ring substituents is 1. The first kappa shape index (κ1) is 17.8. The number of ether oxygens (including phenoxy) is 1. The number of hydrogen-bond donors (Lipinski definition) is 1. The minimum atomic E-state index is -3.92. The van der Waals surface area contributed by atoms with Crippen molar-refractivity contribution in [3.8, 4) is 5.75 Å². The van der Waals surface area contributed by atoms with Gasteiger partial charge in [-0.15, -0.1) is 0 Å². The second kappa shape index (κ2) is 7.37. The quantitative estimate of drug-likeness (QED) is 0.607. The van der Waals surface area contributed by atoms with E-state index in [1.165, 1.54) is 19.2 Å². The van der Waals surface area contributed by atoms with Gasteiger partial charge in [0.2, 0.25) is 10.0 Å². The summed E-state index contributed by atoms with van der Waals surface area (Å²) in [5, 5.41) is 10.7. The third-order valence-electron chi connectivity index (χ3n) is 3.24. The number of benzene rings is 2. The van der Waals surface area contributed by atoms with Crippen molar-refractivity contribution in [1.29, 1.82) is 0 Å². The van der Waals surface area contributed by atoms with Crippen molar-refractivity contribution in [1.82, 2.24) is 4.72 Å². The topological polar surface area (TPSA) is 98.5 Å². The van der Waals surface area contributed by atoms with Crippen LogP contribution in [0.3, 0.4) is 0 Å². The molecule has 24 heavy (non-hydrogen) atoms. The summed E-state index contributed by atoms with van der Waals surface area (Å²) in [6.07, 6.45) is 0.298. The summed E-state index contributed by atoms with van der Waals surface area (Å²) >= 11 is 0. The fourth-order valence-corrected chi connectivity index (χ4v) is 3.27. The number of methoxy groups -OCH3 is 1. The van der Waals surface area contributed by atoms with Crippen LogP contribution in [-0.4, -0.2) is 27.0 Å². The van der Waals surface area contributed by atoms with Gasteiger partial charge in [-0.2, -0.15) is 0 Å². The number of non-ortho nitro benzene ring substituents is 1. The Labute approximate surface area is 138 Å². The lowest BCUT2D eigenvalue weighted by Gasteiger charge is -2.10. The standard InChI is InChI=1S/C15H15FN2O5S/c1-23-14-10-13(18(19)20)5-6-15(14)24(21,22)17-8-7-11-3-2-4-12(16)9-11/h2-6,9-10,17H,7-8H2,1H3. The zero-order chi connectivity index (χ0) is 17.7. The van der Waals surface area contributed by atoms with Crippen LogP contribution in [0.2, 0.25) is 0 Å². The van der Waals surface area contributed by atoms with Crippen molar-refractivity contribution in [3.05, 3.63) is 64.0 Å². The smallest absolute Gasteiger partial charge is 0.273 e. The fourth-order valence-electron chi connectivity index (χ4n) is 2.09. The lowest BCUT2D eigenvalue weighted by atomic mass is 10.1. The predicted octanol–water partition coefficient (Wildman–Crippen LogP) is 2.26. The first-order chi connectivity index (χ1) is 11.3. The van der Waals surface area contributed by atoms with Gasteiger partial charge in [-0.25, -0.2) is 17.5 Å². The van der Waals surface area contributed by atoms with Crippen LogP contribution in [0.25, 0.3) is 0 Å². The molecule has 0 bridgehead atoms. The minimum Gasteiger partial charge on any atom is -0.495 e. The van der Waals surface area contributed by atoms with E-state index in [1.807, 2.05) is 0 Å². The zero-order valence-electron chi connectivity index (χ0n) is 12.7. The normalized spacial score (nSPS) is 11.2. The van der Waals surface area contributed by atoms with Gasteiger partial charge in [0.15, 0.2) is 0 Å². The van der Waals surface area contributed by atoms with Crippen LogP contribution in [0.1, 0.15) is 5.56 Å². The third kappa shape index (κ3) is 4.27. The van der Waals surface area contributed by atoms with Gasteiger partial charge in [-0.1, -0.05) is 12.1 Å². The van der Waals surface area contributed by atoms with Gasteiger partial charge >= 0.3 is 0 Å². The van der Waals surface area contributed by atoms with Gasteiger partial charge in [-0.3, -0.25) is 10.1 Å². The molecular formula is C15H15FN2O5S. The highest BCUT2D eigenvalue weighted by molar-refractivity contribution is 7.89. The number of halogens is 1. The summed E-state index contributed by atoms with van der Waals surface area (Å²) in [4.78, 5) is 9.90. The predicted molar refractivity (Wildman–Crippen MR) is 84.9 cm³/mol. The van der Waals surface area contributed by atoms with Crippen LogP contribution < -0.4 is 9.46 Å². The molecular weight excluding hydrogens is 339 g/mol. The van der Waals surface area contributed by atoms with Crippen LogP contribution in [-0.2, 0) is 16.4 Å². The van der Waals surface area contributed by atoms with E-state index in [9.17, 15) is 22.9 Å². The fraction of sp³-hybridized carbons (Fsp3) is 0.200. The number of nitro groups is 1. The Morgan fingerprint density at radius 3 is 2.62 bits per heavy atom. The molecule has 0 aromatic heterocycles. The van der Waals surface area contributed by atoms with Crippen LogP contribution in [0.15, 0.2) is 47.4 Å². The number of sulfonamides is 1. The van der Waals surface area contributed by atoms with E-state index >= 15 is 0 Å². The molecule has 0 fully saturated rings. The Bertz CT molecular complexity index is 855. The van der Waals surface area contributed by atoms with E-state index in [0.29, 0.717) is 12.0 Å². The Kier molecular flexibility index (Phi) is 5.47. The molecule has 0 aliphatic carbocycles. The highest BCUT2D eigenvalue weighted by Gasteiger charge is 2.21. The molecule has 2 rings (SSSR count). The average molecular weight is 354 g/mol. The molecule has 0 unspecified atom stereocenters. The molecule has 0 saturated heterocycles. The summed E-state index contributed by atoms with van der Waals surface area (Å²) in [5.74, 6) is -0.519. The Balaban J connectivity index is 2.14. The second-order valence-electron chi connectivity index (χ2n) is 4.87. The first-order valence-corrected chi connectivity index (χ1v) is 8.38. The second-order valence-corrected chi connectivity index (χ2v) is 6.61. The summed E-state index contributed by atoms with van der Waals surface area (Å²) in [5.41, 5.74) is 0.374. The molecule has 2 aromatic rings. The molecule has 0 spiro atoms. The summed E-state index contributed by atoms with van der Waals surface area (Å²) < 4.78 is 45.0. The van der Waals surface area contributed by atoms with Crippen molar-refractivity contribution in [3.63, 3.8) is 0 Å². The SMILES string of the molecule is COc1cc([N+](=O)[O-])ccc1S(=O)(=O)NCCc1cccc(F)c1. The highest BCUT2D eigenvalue weighted by atomic mass is 32.2. The van der Waals surface area contributed by atoms with E-state index < -0.39 is 20.8 Å². The lowest BCUT2D eigenvalue weighted by Crippen LogP contribution is -2.26.